The second-order valence-electron chi connectivity index (χ2n) is 7.61. The number of amides is 4. The molecule has 1 spiro atoms. The first-order chi connectivity index (χ1) is 12.4. The Labute approximate surface area is 154 Å². The molecule has 1 heterocycles. The van der Waals surface area contributed by atoms with Crippen molar-refractivity contribution in [3.63, 3.8) is 0 Å². The number of para-hydroxylation sites is 1. The molecular weight excluding hydrogens is 330 g/mol. The summed E-state index contributed by atoms with van der Waals surface area (Å²) in [5.74, 6) is -0.346. The average molecular weight is 357 g/mol. The number of hydrogen-bond donors (Lipinski definition) is 2. The minimum Gasteiger partial charge on any atom is -0.324 e. The highest BCUT2D eigenvalue weighted by molar-refractivity contribution is 6.10. The van der Waals surface area contributed by atoms with Gasteiger partial charge in [-0.05, 0) is 30.4 Å². The van der Waals surface area contributed by atoms with Crippen molar-refractivity contribution in [3.8, 4) is 0 Å². The molecule has 1 aliphatic carbocycles. The fourth-order valence-corrected chi connectivity index (χ4v) is 3.94. The molecule has 1 aliphatic heterocycles. The maximum absolute atomic E-state index is 12.9. The van der Waals surface area contributed by atoms with Crippen LogP contribution < -0.4 is 10.6 Å². The molecule has 1 aromatic rings. The van der Waals surface area contributed by atoms with E-state index in [2.05, 4.69) is 24.5 Å². The van der Waals surface area contributed by atoms with Gasteiger partial charge in [-0.15, -0.1) is 0 Å². The molecule has 26 heavy (non-hydrogen) atoms. The predicted octanol–water partition coefficient (Wildman–Crippen LogP) is 3.39. The summed E-state index contributed by atoms with van der Waals surface area (Å²) in [7, 11) is 0. The lowest BCUT2D eigenvalue weighted by atomic mass is 9.90. The number of carbonyl (C=O) groups is 3. The number of rotatable bonds is 4. The molecule has 3 rings (SSSR count). The van der Waals surface area contributed by atoms with Crippen LogP contribution in [0, 0.1) is 0 Å². The fraction of sp³-hybridized carbons (Fsp3) is 0.550. The highest BCUT2D eigenvalue weighted by atomic mass is 16.2. The summed E-state index contributed by atoms with van der Waals surface area (Å²) in [6.07, 6.45) is 5.33. The molecule has 0 bridgehead atoms. The fourth-order valence-electron chi connectivity index (χ4n) is 3.94. The highest BCUT2D eigenvalue weighted by Crippen LogP contribution is 2.32. The minimum atomic E-state index is -0.802. The van der Waals surface area contributed by atoms with Crippen LogP contribution in [0.4, 0.5) is 10.5 Å². The van der Waals surface area contributed by atoms with Gasteiger partial charge in [-0.25, -0.2) is 4.79 Å². The lowest BCUT2D eigenvalue weighted by Crippen LogP contribution is -2.47. The highest BCUT2D eigenvalue weighted by Gasteiger charge is 2.51. The third-order valence-electron chi connectivity index (χ3n) is 5.36. The van der Waals surface area contributed by atoms with Crippen LogP contribution in [-0.4, -0.2) is 34.8 Å². The van der Waals surface area contributed by atoms with E-state index in [1.54, 1.807) is 0 Å². The number of nitrogens with one attached hydrogen (secondary N) is 2. The van der Waals surface area contributed by atoms with Gasteiger partial charge in [0.15, 0.2) is 0 Å². The van der Waals surface area contributed by atoms with Crippen molar-refractivity contribution in [3.05, 3.63) is 29.8 Å². The Morgan fingerprint density at radius 3 is 2.46 bits per heavy atom. The number of urea groups is 1. The molecule has 140 valence electrons. The van der Waals surface area contributed by atoms with Crippen LogP contribution in [0.5, 0.6) is 0 Å². The van der Waals surface area contributed by atoms with Crippen molar-refractivity contribution in [1.29, 1.82) is 0 Å². The van der Waals surface area contributed by atoms with Gasteiger partial charge in [0.05, 0.1) is 0 Å². The zero-order chi connectivity index (χ0) is 18.7. The molecule has 0 atom stereocenters. The molecular formula is C20H27N3O3. The van der Waals surface area contributed by atoms with E-state index in [1.165, 1.54) is 0 Å². The Morgan fingerprint density at radius 2 is 1.81 bits per heavy atom. The third kappa shape index (κ3) is 3.59. The third-order valence-corrected chi connectivity index (χ3v) is 5.36. The predicted molar refractivity (Wildman–Crippen MR) is 99.8 cm³/mol. The number of hydrogen-bond acceptors (Lipinski definition) is 3. The van der Waals surface area contributed by atoms with Gasteiger partial charge in [0, 0.05) is 5.69 Å². The van der Waals surface area contributed by atoms with Crippen LogP contribution >= 0.6 is 0 Å². The first kappa shape index (κ1) is 18.4. The maximum Gasteiger partial charge on any atom is 0.325 e. The molecule has 4 amide bonds. The standard InChI is InChI=1S/C20H27N3O3/c1-14(2)15-9-5-6-10-16(15)21-17(24)13-23-18(25)20(22-19(23)26)11-7-3-4-8-12-20/h5-6,9-10,14H,3-4,7-8,11-13H2,1-2H3,(H,21,24)(H,22,26). The summed E-state index contributed by atoms with van der Waals surface area (Å²) in [5, 5.41) is 5.72. The van der Waals surface area contributed by atoms with Crippen LogP contribution in [0.25, 0.3) is 0 Å². The van der Waals surface area contributed by atoms with Crippen LogP contribution in [0.3, 0.4) is 0 Å². The van der Waals surface area contributed by atoms with Crippen LogP contribution in [-0.2, 0) is 9.59 Å². The van der Waals surface area contributed by atoms with Crippen LogP contribution in [0.1, 0.15) is 63.9 Å². The summed E-state index contributed by atoms with van der Waals surface area (Å²) in [5.41, 5.74) is 0.950. The van der Waals surface area contributed by atoms with Gasteiger partial charge in [-0.1, -0.05) is 57.7 Å². The largest absolute Gasteiger partial charge is 0.325 e. The quantitative estimate of drug-likeness (QED) is 0.811. The van der Waals surface area contributed by atoms with Gasteiger partial charge in [0.1, 0.15) is 12.1 Å². The second-order valence-corrected chi connectivity index (χ2v) is 7.61. The van der Waals surface area contributed by atoms with E-state index in [-0.39, 0.29) is 24.3 Å². The number of nitrogens with zero attached hydrogens (tertiary/aromatic N) is 1. The minimum absolute atomic E-state index is 0.251. The molecule has 2 fully saturated rings. The monoisotopic (exact) mass is 357 g/mol. The number of carbonyl (C=O) groups excluding carboxylic acids is 3. The van der Waals surface area contributed by atoms with Gasteiger partial charge < -0.3 is 10.6 Å². The molecule has 1 saturated carbocycles. The zero-order valence-electron chi connectivity index (χ0n) is 15.5. The zero-order valence-corrected chi connectivity index (χ0v) is 15.5. The first-order valence-corrected chi connectivity index (χ1v) is 9.46. The molecule has 0 unspecified atom stereocenters. The van der Waals surface area contributed by atoms with Gasteiger partial charge in [0.2, 0.25) is 5.91 Å². The van der Waals surface area contributed by atoms with Crippen molar-refractivity contribution in [2.75, 3.05) is 11.9 Å². The van der Waals surface area contributed by atoms with E-state index in [0.29, 0.717) is 12.8 Å². The Kier molecular flexibility index (Phi) is 5.30. The lowest BCUT2D eigenvalue weighted by Gasteiger charge is -2.24. The Hall–Kier alpha value is -2.37. The number of anilines is 1. The average Bonchev–Trinajstić information content (AvgIpc) is 2.77. The molecule has 6 heteroatoms. The second kappa shape index (κ2) is 7.48. The normalized spacial score (nSPS) is 19.6. The summed E-state index contributed by atoms with van der Waals surface area (Å²) in [6, 6.07) is 7.14. The van der Waals surface area contributed by atoms with Gasteiger partial charge >= 0.3 is 6.03 Å². The van der Waals surface area contributed by atoms with E-state index >= 15 is 0 Å². The summed E-state index contributed by atoms with van der Waals surface area (Å²) in [6.45, 7) is 3.86. The Bertz CT molecular complexity index is 706. The van der Waals surface area contributed by atoms with E-state index in [9.17, 15) is 14.4 Å². The van der Waals surface area contributed by atoms with E-state index in [1.807, 2.05) is 24.3 Å². The first-order valence-electron chi connectivity index (χ1n) is 9.46. The van der Waals surface area contributed by atoms with Gasteiger partial charge in [-0.3, -0.25) is 14.5 Å². The molecule has 1 aromatic carbocycles. The summed E-state index contributed by atoms with van der Waals surface area (Å²) >= 11 is 0. The summed E-state index contributed by atoms with van der Waals surface area (Å²) < 4.78 is 0. The van der Waals surface area contributed by atoms with Crippen molar-refractivity contribution in [2.45, 2.75) is 63.8 Å². The molecule has 1 saturated heterocycles. The van der Waals surface area contributed by atoms with Crippen molar-refractivity contribution in [2.24, 2.45) is 0 Å². The van der Waals surface area contributed by atoms with Crippen molar-refractivity contribution in [1.82, 2.24) is 10.2 Å². The summed E-state index contributed by atoms with van der Waals surface area (Å²) in [4.78, 5) is 38.8. The lowest BCUT2D eigenvalue weighted by molar-refractivity contribution is -0.134. The van der Waals surface area contributed by atoms with Gasteiger partial charge in [-0.2, -0.15) is 0 Å². The number of imide groups is 1. The van der Waals surface area contributed by atoms with E-state index < -0.39 is 11.6 Å². The van der Waals surface area contributed by atoms with E-state index in [4.69, 9.17) is 0 Å². The SMILES string of the molecule is CC(C)c1ccccc1NC(=O)CN1C(=O)NC2(CCCCCC2)C1=O. The number of benzene rings is 1. The van der Waals surface area contributed by atoms with E-state index in [0.717, 1.165) is 41.8 Å². The van der Waals surface area contributed by atoms with Crippen LogP contribution in [0.2, 0.25) is 0 Å². The van der Waals surface area contributed by atoms with Crippen molar-refractivity contribution < 1.29 is 14.4 Å². The molecule has 0 radical (unpaired) electrons. The Balaban J connectivity index is 1.70. The topological polar surface area (TPSA) is 78.5 Å². The van der Waals surface area contributed by atoms with Gasteiger partial charge in [0.25, 0.3) is 5.91 Å². The van der Waals surface area contributed by atoms with Crippen molar-refractivity contribution >= 4 is 23.5 Å². The molecule has 2 N–H and O–H groups in total. The Morgan fingerprint density at radius 1 is 1.15 bits per heavy atom. The van der Waals surface area contributed by atoms with Crippen LogP contribution in [0.15, 0.2) is 24.3 Å². The molecule has 2 aliphatic rings. The smallest absolute Gasteiger partial charge is 0.324 e. The maximum atomic E-state index is 12.9. The molecule has 6 nitrogen and oxygen atoms in total. The molecule has 0 aromatic heterocycles.